The highest BCUT2D eigenvalue weighted by atomic mass is 35.5. The van der Waals surface area contributed by atoms with Gasteiger partial charge in [-0.2, -0.15) is 0 Å². The highest BCUT2D eigenvalue weighted by Gasteiger charge is 2.54. The Bertz CT molecular complexity index is 753. The molecule has 0 saturated heterocycles. The quantitative estimate of drug-likeness (QED) is 0.400. The molecular weight excluding hydrogens is 455 g/mol. The van der Waals surface area contributed by atoms with Crippen molar-refractivity contribution >= 4 is 56.9 Å². The van der Waals surface area contributed by atoms with Crippen LogP contribution in [0.3, 0.4) is 0 Å². The molecule has 2 aliphatic carbocycles. The van der Waals surface area contributed by atoms with E-state index in [4.69, 9.17) is 23.2 Å². The van der Waals surface area contributed by atoms with Gasteiger partial charge in [0.15, 0.2) is 9.84 Å². The van der Waals surface area contributed by atoms with Crippen LogP contribution in [-0.2, 0) is 29.0 Å². The monoisotopic (exact) mass is 474 g/mol. The summed E-state index contributed by atoms with van der Waals surface area (Å²) in [6.45, 7) is 0. The van der Waals surface area contributed by atoms with Crippen molar-refractivity contribution in [3.63, 3.8) is 0 Å². The molecule has 2 saturated carbocycles. The lowest BCUT2D eigenvalue weighted by molar-refractivity contribution is -0.155. The van der Waals surface area contributed by atoms with Crippen LogP contribution in [0.2, 0.25) is 0 Å². The van der Waals surface area contributed by atoms with E-state index in [1.165, 1.54) is 0 Å². The Labute approximate surface area is 175 Å². The van der Waals surface area contributed by atoms with Crippen molar-refractivity contribution < 1.29 is 48.0 Å². The minimum absolute atomic E-state index is 0.391. The zero-order chi connectivity index (χ0) is 22.3. The Morgan fingerprint density at radius 1 is 0.586 bits per heavy atom. The molecule has 0 spiro atoms. The Kier molecular flexibility index (Phi) is 7.06. The molecule has 0 unspecified atom stereocenters. The second-order valence-electron chi connectivity index (χ2n) is 7.42. The third-order valence-corrected chi connectivity index (χ3v) is 9.82. The summed E-state index contributed by atoms with van der Waals surface area (Å²) in [4.78, 5) is 45.6. The van der Waals surface area contributed by atoms with Crippen LogP contribution in [0, 0.1) is 23.7 Å². The molecule has 0 radical (unpaired) electrons. The summed E-state index contributed by atoms with van der Waals surface area (Å²) in [5.74, 6) is -11.4. The lowest BCUT2D eigenvalue weighted by atomic mass is 9.78. The number of rotatable bonds is 6. The first kappa shape index (κ1) is 23.7. The third kappa shape index (κ3) is 4.61. The lowest BCUT2D eigenvalue weighted by Gasteiger charge is -2.40. The standard InChI is InChI=1S/C16H20Cl2O10S/c17-9-1-5(13(19)20)7(15(23)24)3-11(9)29(27,28)12-4-8(16(25)26)6(14(21)22)2-10(12)18/h5-12H,1-4H2,(H,19,20)(H,21,22)(H,23,24)(H,25,26)/t5-,6-,7-,8+,9+,10-,11-,12-/m1/s1. The first-order valence-electron chi connectivity index (χ1n) is 8.71. The van der Waals surface area contributed by atoms with Crippen molar-refractivity contribution in [2.75, 3.05) is 0 Å². The number of carbonyl (C=O) groups is 4. The van der Waals surface area contributed by atoms with Gasteiger partial charge in [-0.1, -0.05) is 0 Å². The van der Waals surface area contributed by atoms with E-state index in [0.29, 0.717) is 0 Å². The van der Waals surface area contributed by atoms with Crippen LogP contribution in [0.4, 0.5) is 0 Å². The van der Waals surface area contributed by atoms with Crippen LogP contribution in [0.5, 0.6) is 0 Å². The molecule has 4 N–H and O–H groups in total. The predicted octanol–water partition coefficient (Wildman–Crippen LogP) is 0.744. The number of hydrogen-bond acceptors (Lipinski definition) is 6. The van der Waals surface area contributed by atoms with Gasteiger partial charge in [-0.05, 0) is 25.7 Å². The molecule has 10 nitrogen and oxygen atoms in total. The maximum Gasteiger partial charge on any atom is 0.307 e. The fourth-order valence-corrected chi connectivity index (χ4v) is 8.13. The van der Waals surface area contributed by atoms with E-state index in [1.54, 1.807) is 0 Å². The molecule has 0 bridgehead atoms. The predicted molar refractivity (Wildman–Crippen MR) is 98.7 cm³/mol. The summed E-state index contributed by atoms with van der Waals surface area (Å²) < 4.78 is 26.4. The molecule has 29 heavy (non-hydrogen) atoms. The van der Waals surface area contributed by atoms with Gasteiger partial charge < -0.3 is 20.4 Å². The second-order valence-corrected chi connectivity index (χ2v) is 10.9. The van der Waals surface area contributed by atoms with Crippen molar-refractivity contribution in [2.45, 2.75) is 46.9 Å². The van der Waals surface area contributed by atoms with Crippen LogP contribution >= 0.6 is 23.2 Å². The maximum absolute atomic E-state index is 13.2. The summed E-state index contributed by atoms with van der Waals surface area (Å²) >= 11 is 12.3. The highest BCUT2D eigenvalue weighted by Crippen LogP contribution is 2.43. The number of hydrogen-bond donors (Lipinski definition) is 4. The van der Waals surface area contributed by atoms with Crippen LogP contribution in [-0.4, -0.2) is 74.0 Å². The molecule has 0 heterocycles. The average molecular weight is 475 g/mol. The summed E-state index contributed by atoms with van der Waals surface area (Å²) in [5.41, 5.74) is 0. The fourth-order valence-electron chi connectivity index (χ4n) is 4.24. The normalized spacial score (nSPS) is 38.1. The number of sulfone groups is 1. The first-order chi connectivity index (χ1) is 13.3. The van der Waals surface area contributed by atoms with Crippen LogP contribution in [0.15, 0.2) is 0 Å². The molecule has 0 aromatic heterocycles. The van der Waals surface area contributed by atoms with E-state index in [-0.39, 0.29) is 0 Å². The maximum atomic E-state index is 13.2. The van der Waals surface area contributed by atoms with Gasteiger partial charge in [0.2, 0.25) is 0 Å². The largest absolute Gasteiger partial charge is 0.481 e. The Morgan fingerprint density at radius 3 is 1.07 bits per heavy atom. The first-order valence-corrected chi connectivity index (χ1v) is 11.2. The number of carboxylic acids is 4. The molecule has 2 rings (SSSR count). The van der Waals surface area contributed by atoms with Gasteiger partial charge in [-0.3, -0.25) is 19.2 Å². The van der Waals surface area contributed by atoms with E-state index >= 15 is 0 Å². The summed E-state index contributed by atoms with van der Waals surface area (Å²) in [7, 11) is -4.29. The SMILES string of the molecule is O=C(O)[C@H]1C[C@@H](S(=O)(=O)[C@@H]2C[C@@H](C(=O)O)[C@H](C(=O)O)C[C@@H]2Cl)[C@H](Cl)C[C@H]1C(=O)O. The Balaban J connectivity index is 2.35. The number of carboxylic acid groups (broad SMARTS) is 4. The lowest BCUT2D eigenvalue weighted by Crippen LogP contribution is -2.53. The van der Waals surface area contributed by atoms with Gasteiger partial charge in [0, 0.05) is 0 Å². The minimum Gasteiger partial charge on any atom is -0.481 e. The van der Waals surface area contributed by atoms with E-state index in [0.717, 1.165) is 0 Å². The molecule has 2 fully saturated rings. The van der Waals surface area contributed by atoms with Crippen molar-refractivity contribution in [2.24, 2.45) is 23.7 Å². The minimum atomic E-state index is -4.29. The molecule has 0 aliphatic heterocycles. The topological polar surface area (TPSA) is 183 Å². The van der Waals surface area contributed by atoms with Gasteiger partial charge in [0.25, 0.3) is 0 Å². The highest BCUT2D eigenvalue weighted by molar-refractivity contribution is 7.92. The molecule has 0 amide bonds. The van der Waals surface area contributed by atoms with Crippen LogP contribution < -0.4 is 0 Å². The summed E-state index contributed by atoms with van der Waals surface area (Å²) in [6.07, 6.45) is -1.89. The summed E-state index contributed by atoms with van der Waals surface area (Å²) in [6, 6.07) is 0. The van der Waals surface area contributed by atoms with Crippen molar-refractivity contribution in [1.82, 2.24) is 0 Å². The zero-order valence-electron chi connectivity index (χ0n) is 14.8. The molecule has 0 aromatic rings. The van der Waals surface area contributed by atoms with Gasteiger partial charge in [0.1, 0.15) is 0 Å². The van der Waals surface area contributed by atoms with Gasteiger partial charge in [-0.25, -0.2) is 8.42 Å². The van der Waals surface area contributed by atoms with Crippen LogP contribution in [0.25, 0.3) is 0 Å². The third-order valence-electron chi connectivity index (χ3n) is 5.82. The van der Waals surface area contributed by atoms with E-state index in [1.807, 2.05) is 0 Å². The van der Waals surface area contributed by atoms with Crippen molar-refractivity contribution in [1.29, 1.82) is 0 Å². The second kappa shape index (κ2) is 8.65. The number of alkyl halides is 2. The smallest absolute Gasteiger partial charge is 0.307 e. The van der Waals surface area contributed by atoms with Gasteiger partial charge in [0.05, 0.1) is 44.9 Å². The van der Waals surface area contributed by atoms with Gasteiger partial charge in [-0.15, -0.1) is 23.2 Å². The van der Waals surface area contributed by atoms with Gasteiger partial charge >= 0.3 is 23.9 Å². The molecule has 0 aromatic carbocycles. The molecular formula is C16H20Cl2O10S. The summed E-state index contributed by atoms with van der Waals surface area (Å²) in [5, 5.41) is 31.8. The molecule has 13 heteroatoms. The number of aliphatic carboxylic acids is 4. The zero-order valence-corrected chi connectivity index (χ0v) is 17.2. The van der Waals surface area contributed by atoms with E-state index in [2.05, 4.69) is 0 Å². The Morgan fingerprint density at radius 2 is 0.828 bits per heavy atom. The van der Waals surface area contributed by atoms with E-state index in [9.17, 15) is 48.0 Å². The van der Waals surface area contributed by atoms with Crippen molar-refractivity contribution in [3.05, 3.63) is 0 Å². The Hall–Kier alpha value is -1.59. The molecule has 2 aliphatic rings. The number of halogens is 2. The molecule has 164 valence electrons. The fraction of sp³-hybridized carbons (Fsp3) is 0.750. The van der Waals surface area contributed by atoms with Crippen LogP contribution in [0.1, 0.15) is 25.7 Å². The van der Waals surface area contributed by atoms with E-state index < -0.39 is 104 Å². The van der Waals surface area contributed by atoms with Crippen molar-refractivity contribution in [3.8, 4) is 0 Å². The molecule has 8 atom stereocenters. The average Bonchev–Trinajstić information content (AvgIpc) is 2.59.